The van der Waals surface area contributed by atoms with E-state index < -0.39 is 0 Å². The molecule has 2 aliphatic heterocycles. The van der Waals surface area contributed by atoms with Crippen LogP contribution in [0.1, 0.15) is 19.3 Å². The number of rotatable bonds is 2. The molecule has 2 aliphatic rings. The monoisotopic (exact) mass is 141 g/mol. The number of hydrogen-bond donors (Lipinski definition) is 0. The van der Waals surface area contributed by atoms with Crippen molar-refractivity contribution >= 4 is 0 Å². The number of nitrogens with zero attached hydrogens (tertiary/aromatic N) is 1. The maximum absolute atomic E-state index is 5.17. The standard InChI is InChI=1S/C8H15NO/c1-2-4-9(5-3-1)6-8-7-10-8/h8H,1-7H2/t8-/m0/s1. The molecule has 0 N–H and O–H groups in total. The van der Waals surface area contributed by atoms with Crippen LogP contribution < -0.4 is 0 Å². The van der Waals surface area contributed by atoms with Crippen molar-refractivity contribution in [3.8, 4) is 0 Å². The van der Waals surface area contributed by atoms with Gasteiger partial charge in [-0.3, -0.25) is 0 Å². The maximum atomic E-state index is 5.17. The minimum absolute atomic E-state index is 0.595. The zero-order chi connectivity index (χ0) is 6.81. The number of ether oxygens (including phenoxy) is 1. The Bertz CT molecular complexity index is 106. The van der Waals surface area contributed by atoms with Gasteiger partial charge in [0.25, 0.3) is 0 Å². The van der Waals surface area contributed by atoms with Crippen molar-refractivity contribution < 1.29 is 4.74 Å². The molecular formula is C8H15NO. The topological polar surface area (TPSA) is 15.8 Å². The first-order chi connectivity index (χ1) is 4.95. The summed E-state index contributed by atoms with van der Waals surface area (Å²) in [6.07, 6.45) is 4.82. The smallest absolute Gasteiger partial charge is 0.0936 e. The first kappa shape index (κ1) is 6.62. The molecule has 0 aliphatic carbocycles. The minimum atomic E-state index is 0.595. The Morgan fingerprint density at radius 2 is 1.90 bits per heavy atom. The van der Waals surface area contributed by atoms with E-state index in [0.717, 1.165) is 6.61 Å². The van der Waals surface area contributed by atoms with Gasteiger partial charge in [0.05, 0.1) is 12.7 Å². The molecule has 2 nitrogen and oxygen atoms in total. The molecule has 0 aromatic carbocycles. The van der Waals surface area contributed by atoms with Crippen LogP contribution in [0.5, 0.6) is 0 Å². The maximum Gasteiger partial charge on any atom is 0.0936 e. The summed E-state index contributed by atoms with van der Waals surface area (Å²) in [5, 5.41) is 0. The van der Waals surface area contributed by atoms with Crippen LogP contribution in [0.15, 0.2) is 0 Å². The van der Waals surface area contributed by atoms with Crippen molar-refractivity contribution in [3.05, 3.63) is 0 Å². The summed E-state index contributed by atoms with van der Waals surface area (Å²) in [5.41, 5.74) is 0. The lowest BCUT2D eigenvalue weighted by molar-refractivity contribution is 0.207. The zero-order valence-electron chi connectivity index (χ0n) is 6.38. The zero-order valence-corrected chi connectivity index (χ0v) is 6.38. The van der Waals surface area contributed by atoms with E-state index in [1.54, 1.807) is 0 Å². The van der Waals surface area contributed by atoms with Crippen molar-refractivity contribution in [1.29, 1.82) is 0 Å². The highest BCUT2D eigenvalue weighted by Crippen LogP contribution is 2.14. The van der Waals surface area contributed by atoms with E-state index in [2.05, 4.69) is 4.90 Å². The van der Waals surface area contributed by atoms with Gasteiger partial charge in [0.15, 0.2) is 0 Å². The van der Waals surface area contributed by atoms with Gasteiger partial charge in [0.2, 0.25) is 0 Å². The predicted molar refractivity (Wildman–Crippen MR) is 40.0 cm³/mol. The van der Waals surface area contributed by atoms with Crippen molar-refractivity contribution in [3.63, 3.8) is 0 Å². The van der Waals surface area contributed by atoms with E-state index in [0.29, 0.717) is 6.10 Å². The van der Waals surface area contributed by atoms with Crippen LogP contribution in [0.25, 0.3) is 0 Å². The third-order valence-corrected chi connectivity index (χ3v) is 2.31. The van der Waals surface area contributed by atoms with Crippen LogP contribution in [-0.4, -0.2) is 37.2 Å². The molecule has 10 heavy (non-hydrogen) atoms. The number of hydrogen-bond acceptors (Lipinski definition) is 2. The third kappa shape index (κ3) is 1.70. The van der Waals surface area contributed by atoms with Crippen LogP contribution in [0.3, 0.4) is 0 Å². The summed E-state index contributed by atoms with van der Waals surface area (Å²) >= 11 is 0. The summed E-state index contributed by atoms with van der Waals surface area (Å²) in [7, 11) is 0. The van der Waals surface area contributed by atoms with Crippen LogP contribution >= 0.6 is 0 Å². The second kappa shape index (κ2) is 2.89. The SMILES string of the molecule is C1CCN(C[C@H]2CO2)CC1. The van der Waals surface area contributed by atoms with Gasteiger partial charge in [-0.2, -0.15) is 0 Å². The Morgan fingerprint density at radius 1 is 1.20 bits per heavy atom. The molecule has 2 fully saturated rings. The summed E-state index contributed by atoms with van der Waals surface area (Å²) in [5.74, 6) is 0. The second-order valence-corrected chi connectivity index (χ2v) is 3.32. The Kier molecular flexibility index (Phi) is 1.91. The summed E-state index contributed by atoms with van der Waals surface area (Å²) in [4.78, 5) is 2.53. The Labute approximate surface area is 62.2 Å². The van der Waals surface area contributed by atoms with Gasteiger partial charge in [-0.05, 0) is 25.9 Å². The molecule has 2 heteroatoms. The van der Waals surface area contributed by atoms with Gasteiger partial charge < -0.3 is 9.64 Å². The first-order valence-electron chi connectivity index (χ1n) is 4.29. The van der Waals surface area contributed by atoms with E-state index in [1.807, 2.05) is 0 Å². The van der Waals surface area contributed by atoms with Crippen LogP contribution in [-0.2, 0) is 4.74 Å². The lowest BCUT2D eigenvalue weighted by Gasteiger charge is -2.25. The van der Waals surface area contributed by atoms with E-state index in [-0.39, 0.29) is 0 Å². The van der Waals surface area contributed by atoms with Crippen molar-refractivity contribution in [2.75, 3.05) is 26.2 Å². The Hall–Kier alpha value is -0.0800. The van der Waals surface area contributed by atoms with Crippen LogP contribution in [0, 0.1) is 0 Å². The van der Waals surface area contributed by atoms with Gasteiger partial charge in [-0.1, -0.05) is 6.42 Å². The number of likely N-dealkylation sites (tertiary alicyclic amines) is 1. The van der Waals surface area contributed by atoms with Gasteiger partial charge >= 0.3 is 0 Å². The van der Waals surface area contributed by atoms with E-state index in [4.69, 9.17) is 4.74 Å². The highest BCUT2D eigenvalue weighted by Gasteiger charge is 2.25. The molecule has 2 heterocycles. The van der Waals surface area contributed by atoms with Crippen LogP contribution in [0.2, 0.25) is 0 Å². The summed E-state index contributed by atoms with van der Waals surface area (Å²) in [6.45, 7) is 4.82. The molecule has 58 valence electrons. The first-order valence-corrected chi connectivity index (χ1v) is 4.29. The van der Waals surface area contributed by atoms with E-state index in [1.165, 1.54) is 38.9 Å². The van der Waals surface area contributed by atoms with E-state index >= 15 is 0 Å². The average molecular weight is 141 g/mol. The molecule has 0 saturated carbocycles. The lowest BCUT2D eigenvalue weighted by Crippen LogP contribution is -2.32. The Morgan fingerprint density at radius 3 is 2.50 bits per heavy atom. The molecule has 0 unspecified atom stereocenters. The number of piperidine rings is 1. The van der Waals surface area contributed by atoms with Crippen LogP contribution in [0.4, 0.5) is 0 Å². The molecule has 0 amide bonds. The van der Waals surface area contributed by atoms with Gasteiger partial charge in [-0.15, -0.1) is 0 Å². The van der Waals surface area contributed by atoms with Crippen molar-refractivity contribution in [1.82, 2.24) is 4.90 Å². The minimum Gasteiger partial charge on any atom is -0.372 e. The predicted octanol–water partition coefficient (Wildman–Crippen LogP) is 0.871. The molecule has 2 saturated heterocycles. The largest absolute Gasteiger partial charge is 0.372 e. The molecule has 2 rings (SSSR count). The molecule has 1 atom stereocenters. The number of epoxide rings is 1. The highest BCUT2D eigenvalue weighted by atomic mass is 16.6. The normalized spacial score (nSPS) is 34.2. The highest BCUT2D eigenvalue weighted by molar-refractivity contribution is 4.76. The second-order valence-electron chi connectivity index (χ2n) is 3.32. The lowest BCUT2D eigenvalue weighted by atomic mass is 10.1. The van der Waals surface area contributed by atoms with Crippen molar-refractivity contribution in [2.45, 2.75) is 25.4 Å². The molecule has 0 radical (unpaired) electrons. The fraction of sp³-hybridized carbons (Fsp3) is 1.00. The molecule has 0 spiro atoms. The fourth-order valence-electron chi connectivity index (χ4n) is 1.60. The fourth-order valence-corrected chi connectivity index (χ4v) is 1.60. The third-order valence-electron chi connectivity index (χ3n) is 2.31. The van der Waals surface area contributed by atoms with E-state index in [9.17, 15) is 0 Å². The molecule has 0 aromatic rings. The average Bonchev–Trinajstić information content (AvgIpc) is 2.74. The van der Waals surface area contributed by atoms with Gasteiger partial charge in [-0.25, -0.2) is 0 Å². The quantitative estimate of drug-likeness (QED) is 0.530. The molecule has 0 aromatic heterocycles. The Balaban J connectivity index is 1.69. The summed E-state index contributed by atoms with van der Waals surface area (Å²) < 4.78 is 5.17. The van der Waals surface area contributed by atoms with Crippen molar-refractivity contribution in [2.24, 2.45) is 0 Å². The van der Waals surface area contributed by atoms with Gasteiger partial charge in [0.1, 0.15) is 0 Å². The summed E-state index contributed by atoms with van der Waals surface area (Å²) in [6, 6.07) is 0. The molecular weight excluding hydrogens is 126 g/mol. The van der Waals surface area contributed by atoms with Gasteiger partial charge in [0, 0.05) is 6.54 Å². The molecule has 0 bridgehead atoms.